The fourth-order valence-corrected chi connectivity index (χ4v) is 4.08. The molecule has 1 N–H and O–H groups in total. The summed E-state index contributed by atoms with van der Waals surface area (Å²) in [6, 6.07) is 9.05. The zero-order chi connectivity index (χ0) is 18.3. The summed E-state index contributed by atoms with van der Waals surface area (Å²) in [4.78, 5) is 11.8. The number of carbonyl (C=O) groups is 1. The van der Waals surface area contributed by atoms with Crippen molar-refractivity contribution in [3.8, 4) is 0 Å². The number of nitrogens with zero attached hydrogens (tertiary/aromatic N) is 1. The molecule has 0 aliphatic rings. The number of sulfone groups is 1. The Morgan fingerprint density at radius 3 is 2.64 bits per heavy atom. The zero-order valence-corrected chi connectivity index (χ0v) is 15.6. The van der Waals surface area contributed by atoms with Crippen molar-refractivity contribution in [1.29, 1.82) is 0 Å². The summed E-state index contributed by atoms with van der Waals surface area (Å²) in [6.07, 6.45) is 1.07. The predicted molar refractivity (Wildman–Crippen MR) is 96.1 cm³/mol. The molecule has 2 rings (SSSR count). The molecule has 1 aromatic heterocycles. The van der Waals surface area contributed by atoms with E-state index >= 15 is 0 Å². The SMILES string of the molecule is Cc1noc(Cl)c1CCC(=O)NCCCS(=O)(=O)Cc1ccccc1. The van der Waals surface area contributed by atoms with Crippen molar-refractivity contribution in [3.63, 3.8) is 0 Å². The maximum atomic E-state index is 12.1. The van der Waals surface area contributed by atoms with Crippen LogP contribution in [0.2, 0.25) is 5.22 Å². The number of halogens is 1. The third-order valence-electron chi connectivity index (χ3n) is 3.72. The van der Waals surface area contributed by atoms with E-state index in [9.17, 15) is 13.2 Å². The lowest BCUT2D eigenvalue weighted by atomic mass is 10.1. The third-order valence-corrected chi connectivity index (χ3v) is 5.70. The normalized spacial score (nSPS) is 11.4. The average molecular weight is 385 g/mol. The molecule has 25 heavy (non-hydrogen) atoms. The quantitative estimate of drug-likeness (QED) is 0.671. The van der Waals surface area contributed by atoms with Crippen molar-refractivity contribution in [1.82, 2.24) is 10.5 Å². The van der Waals surface area contributed by atoms with Crippen molar-refractivity contribution >= 4 is 27.3 Å². The molecule has 0 fully saturated rings. The molecule has 0 bridgehead atoms. The van der Waals surface area contributed by atoms with Gasteiger partial charge in [-0.25, -0.2) is 8.42 Å². The maximum absolute atomic E-state index is 12.1. The van der Waals surface area contributed by atoms with Crippen LogP contribution in [0.4, 0.5) is 0 Å². The number of amides is 1. The van der Waals surface area contributed by atoms with Gasteiger partial charge in [0.05, 0.1) is 17.2 Å². The number of aromatic nitrogens is 1. The summed E-state index contributed by atoms with van der Waals surface area (Å²) < 4.78 is 28.9. The van der Waals surface area contributed by atoms with Crippen molar-refractivity contribution < 1.29 is 17.7 Å². The van der Waals surface area contributed by atoms with Crippen molar-refractivity contribution in [2.45, 2.75) is 31.9 Å². The van der Waals surface area contributed by atoms with Crippen LogP contribution in [0.5, 0.6) is 0 Å². The second kappa shape index (κ2) is 9.01. The average Bonchev–Trinajstić information content (AvgIpc) is 2.88. The van der Waals surface area contributed by atoms with E-state index in [1.165, 1.54) is 0 Å². The van der Waals surface area contributed by atoms with E-state index in [1.54, 1.807) is 19.1 Å². The lowest BCUT2D eigenvalue weighted by molar-refractivity contribution is -0.121. The third kappa shape index (κ3) is 6.51. The number of hydrogen-bond acceptors (Lipinski definition) is 5. The monoisotopic (exact) mass is 384 g/mol. The van der Waals surface area contributed by atoms with Crippen molar-refractivity contribution in [3.05, 3.63) is 52.4 Å². The first-order valence-corrected chi connectivity index (χ1v) is 10.2. The number of benzene rings is 1. The number of aryl methyl sites for hydroxylation is 1. The molecule has 0 saturated carbocycles. The van der Waals surface area contributed by atoms with Gasteiger partial charge in [-0.05, 0) is 36.9 Å². The largest absolute Gasteiger partial charge is 0.356 e. The van der Waals surface area contributed by atoms with Crippen LogP contribution in [0, 0.1) is 6.92 Å². The van der Waals surface area contributed by atoms with Gasteiger partial charge in [0.2, 0.25) is 11.1 Å². The summed E-state index contributed by atoms with van der Waals surface area (Å²) >= 11 is 5.84. The maximum Gasteiger partial charge on any atom is 0.229 e. The first-order valence-electron chi connectivity index (χ1n) is 7.99. The molecular formula is C17H21ClN2O4S. The number of hydrogen-bond donors (Lipinski definition) is 1. The van der Waals surface area contributed by atoms with Gasteiger partial charge in [0.25, 0.3) is 0 Å². The van der Waals surface area contributed by atoms with Crippen molar-refractivity contribution in [2.75, 3.05) is 12.3 Å². The second-order valence-electron chi connectivity index (χ2n) is 5.80. The molecule has 0 aliphatic carbocycles. The first kappa shape index (κ1) is 19.5. The summed E-state index contributed by atoms with van der Waals surface area (Å²) in [5.74, 6) is -0.0941. The molecule has 2 aromatic rings. The smallest absolute Gasteiger partial charge is 0.229 e. The van der Waals surface area contributed by atoms with E-state index in [1.807, 2.05) is 18.2 Å². The van der Waals surface area contributed by atoms with Crippen molar-refractivity contribution in [2.24, 2.45) is 0 Å². The molecule has 0 unspecified atom stereocenters. The molecule has 1 heterocycles. The second-order valence-corrected chi connectivity index (χ2v) is 8.33. The Kier molecular flexibility index (Phi) is 7.01. The summed E-state index contributed by atoms with van der Waals surface area (Å²) in [5.41, 5.74) is 2.17. The minimum absolute atomic E-state index is 0.0209. The predicted octanol–water partition coefficient (Wildman–Crippen LogP) is 2.69. The molecule has 0 aliphatic heterocycles. The topological polar surface area (TPSA) is 89.3 Å². The van der Waals surface area contributed by atoms with Crippen LogP contribution in [-0.2, 0) is 26.8 Å². The first-order chi connectivity index (χ1) is 11.9. The Balaban J connectivity index is 1.67. The minimum atomic E-state index is -3.18. The van der Waals surface area contributed by atoms with E-state index in [4.69, 9.17) is 16.1 Å². The standard InChI is InChI=1S/C17H21ClN2O4S/c1-13-15(17(18)24-20-13)8-9-16(21)19-10-5-11-25(22,23)12-14-6-3-2-4-7-14/h2-4,6-7H,5,8-12H2,1H3,(H,19,21). The van der Waals surface area contributed by atoms with Gasteiger partial charge in [-0.2, -0.15) is 0 Å². The van der Waals surface area contributed by atoms with Gasteiger partial charge in [-0.15, -0.1) is 0 Å². The summed E-state index contributed by atoms with van der Waals surface area (Å²) in [5, 5.41) is 6.65. The van der Waals surface area contributed by atoms with Crippen LogP contribution in [0.25, 0.3) is 0 Å². The lowest BCUT2D eigenvalue weighted by Crippen LogP contribution is -2.26. The number of carbonyl (C=O) groups excluding carboxylic acids is 1. The van der Waals surface area contributed by atoms with Crippen LogP contribution in [0.1, 0.15) is 29.7 Å². The Morgan fingerprint density at radius 1 is 1.28 bits per heavy atom. The molecule has 0 atom stereocenters. The Labute approximate surface area is 152 Å². The highest BCUT2D eigenvalue weighted by Gasteiger charge is 2.14. The van der Waals surface area contributed by atoms with Crippen LogP contribution in [0.3, 0.4) is 0 Å². The number of rotatable bonds is 9. The van der Waals surface area contributed by atoms with Gasteiger partial charge >= 0.3 is 0 Å². The molecular weight excluding hydrogens is 364 g/mol. The minimum Gasteiger partial charge on any atom is -0.356 e. The fourth-order valence-electron chi connectivity index (χ4n) is 2.39. The summed E-state index contributed by atoms with van der Waals surface area (Å²) in [7, 11) is -3.18. The van der Waals surface area contributed by atoms with Gasteiger partial charge in [-0.3, -0.25) is 4.79 Å². The molecule has 0 spiro atoms. The molecule has 0 radical (unpaired) electrons. The van der Waals surface area contributed by atoms with Crippen LogP contribution >= 0.6 is 11.6 Å². The van der Waals surface area contributed by atoms with E-state index in [0.717, 1.165) is 11.1 Å². The fraction of sp³-hybridized carbons (Fsp3) is 0.412. The molecule has 136 valence electrons. The van der Waals surface area contributed by atoms with Gasteiger partial charge in [0.1, 0.15) is 0 Å². The van der Waals surface area contributed by atoms with Crippen LogP contribution in [0.15, 0.2) is 34.9 Å². The Bertz CT molecular complexity index is 784. The van der Waals surface area contributed by atoms with E-state index in [2.05, 4.69) is 10.5 Å². The molecule has 1 amide bonds. The molecule has 1 aromatic carbocycles. The summed E-state index contributed by atoms with van der Waals surface area (Å²) in [6.45, 7) is 2.09. The van der Waals surface area contributed by atoms with Crippen LogP contribution < -0.4 is 5.32 Å². The van der Waals surface area contributed by atoms with Gasteiger partial charge in [0, 0.05) is 18.5 Å². The van der Waals surface area contributed by atoms with E-state index < -0.39 is 9.84 Å². The molecule has 0 saturated heterocycles. The lowest BCUT2D eigenvalue weighted by Gasteiger charge is -2.06. The molecule has 8 heteroatoms. The van der Waals surface area contributed by atoms with Crippen LogP contribution in [-0.4, -0.2) is 31.8 Å². The highest BCUT2D eigenvalue weighted by atomic mass is 35.5. The Morgan fingerprint density at radius 2 is 2.00 bits per heavy atom. The van der Waals surface area contributed by atoms with Gasteiger partial charge < -0.3 is 9.84 Å². The zero-order valence-electron chi connectivity index (χ0n) is 14.0. The number of nitrogens with one attached hydrogen (secondary N) is 1. The molecule has 6 nitrogen and oxygen atoms in total. The van der Waals surface area contributed by atoms with E-state index in [0.29, 0.717) is 25.1 Å². The Hall–Kier alpha value is -1.86. The highest BCUT2D eigenvalue weighted by molar-refractivity contribution is 7.90. The van der Waals surface area contributed by atoms with Gasteiger partial charge in [0.15, 0.2) is 9.84 Å². The van der Waals surface area contributed by atoms with E-state index in [-0.39, 0.29) is 29.1 Å². The van der Waals surface area contributed by atoms with Gasteiger partial charge in [-0.1, -0.05) is 35.5 Å². The highest BCUT2D eigenvalue weighted by Crippen LogP contribution is 2.20.